The molecule has 0 aliphatic heterocycles. The minimum Gasteiger partial charge on any atom is -0.325 e. The summed E-state index contributed by atoms with van der Waals surface area (Å²) in [6, 6.07) is 4.87. The van der Waals surface area contributed by atoms with Crippen molar-refractivity contribution in [1.29, 1.82) is 0 Å². The summed E-state index contributed by atoms with van der Waals surface area (Å²) >= 11 is 1.62. The van der Waals surface area contributed by atoms with E-state index in [1.165, 1.54) is 6.07 Å². The molecular formula is C12H10FN3S. The Balaban J connectivity index is 2.02. The van der Waals surface area contributed by atoms with E-state index in [9.17, 15) is 4.39 Å². The van der Waals surface area contributed by atoms with Crippen LogP contribution in [0.3, 0.4) is 0 Å². The zero-order valence-electron chi connectivity index (χ0n) is 9.12. The average Bonchev–Trinajstić information content (AvgIpc) is 2.87. The smallest absolute Gasteiger partial charge is 0.205 e. The van der Waals surface area contributed by atoms with E-state index in [4.69, 9.17) is 0 Å². The van der Waals surface area contributed by atoms with Gasteiger partial charge in [0.2, 0.25) is 5.95 Å². The molecule has 0 atom stereocenters. The highest BCUT2D eigenvalue weighted by Crippen LogP contribution is 2.24. The summed E-state index contributed by atoms with van der Waals surface area (Å²) in [5, 5.41) is 7.19. The Bertz CT molecular complexity index is 671. The van der Waals surface area contributed by atoms with Crippen molar-refractivity contribution in [3.8, 4) is 0 Å². The molecule has 2 N–H and O–H groups in total. The van der Waals surface area contributed by atoms with Crippen molar-refractivity contribution in [3.63, 3.8) is 0 Å². The Morgan fingerprint density at radius 1 is 1.35 bits per heavy atom. The van der Waals surface area contributed by atoms with E-state index >= 15 is 0 Å². The highest BCUT2D eigenvalue weighted by atomic mass is 32.1. The monoisotopic (exact) mass is 247 g/mol. The molecule has 3 rings (SSSR count). The number of hydrogen-bond acceptors (Lipinski definition) is 3. The third kappa shape index (κ3) is 1.78. The zero-order valence-corrected chi connectivity index (χ0v) is 9.94. The van der Waals surface area contributed by atoms with Crippen molar-refractivity contribution in [1.82, 2.24) is 9.97 Å². The molecular weight excluding hydrogens is 237 g/mol. The number of imidazole rings is 1. The van der Waals surface area contributed by atoms with Crippen LogP contribution in [0, 0.1) is 12.7 Å². The molecule has 2 aromatic heterocycles. The predicted octanol–water partition coefficient (Wildman–Crippen LogP) is 3.82. The maximum atomic E-state index is 13.4. The number of para-hydroxylation sites is 1. The number of fused-ring (bicyclic) bond motifs is 1. The maximum Gasteiger partial charge on any atom is 0.205 e. The lowest BCUT2D eigenvalue weighted by molar-refractivity contribution is 0.637. The topological polar surface area (TPSA) is 40.7 Å². The average molecular weight is 247 g/mol. The number of aryl methyl sites for hydroxylation is 1. The van der Waals surface area contributed by atoms with E-state index < -0.39 is 0 Å². The Hall–Kier alpha value is -1.88. The summed E-state index contributed by atoms with van der Waals surface area (Å²) in [5.41, 5.74) is 3.20. The van der Waals surface area contributed by atoms with E-state index in [2.05, 4.69) is 15.3 Å². The second-order valence-corrected chi connectivity index (χ2v) is 4.56. The van der Waals surface area contributed by atoms with Crippen LogP contribution in [0.1, 0.15) is 5.56 Å². The van der Waals surface area contributed by atoms with Crippen LogP contribution in [0.4, 0.5) is 16.0 Å². The minimum atomic E-state index is -0.311. The quantitative estimate of drug-likeness (QED) is 0.722. The van der Waals surface area contributed by atoms with E-state index in [-0.39, 0.29) is 5.82 Å². The van der Waals surface area contributed by atoms with E-state index in [1.807, 2.05) is 17.7 Å². The van der Waals surface area contributed by atoms with Gasteiger partial charge in [-0.1, -0.05) is 6.07 Å². The summed E-state index contributed by atoms with van der Waals surface area (Å²) in [6.07, 6.45) is 0. The Kier molecular flexibility index (Phi) is 2.33. The van der Waals surface area contributed by atoms with Crippen molar-refractivity contribution in [2.75, 3.05) is 5.32 Å². The fraction of sp³-hybridized carbons (Fsp3) is 0.0833. The van der Waals surface area contributed by atoms with Crippen molar-refractivity contribution in [2.24, 2.45) is 0 Å². The van der Waals surface area contributed by atoms with Gasteiger partial charge in [-0.25, -0.2) is 9.37 Å². The maximum absolute atomic E-state index is 13.4. The summed E-state index contributed by atoms with van der Waals surface area (Å²) < 4.78 is 13.4. The molecule has 0 unspecified atom stereocenters. The van der Waals surface area contributed by atoms with E-state index in [1.54, 1.807) is 23.5 Å². The van der Waals surface area contributed by atoms with Crippen LogP contribution in [-0.2, 0) is 0 Å². The molecule has 17 heavy (non-hydrogen) atoms. The van der Waals surface area contributed by atoms with Crippen LogP contribution in [0.2, 0.25) is 0 Å². The first-order valence-corrected chi connectivity index (χ1v) is 6.12. The highest BCUT2D eigenvalue weighted by Gasteiger charge is 2.07. The van der Waals surface area contributed by atoms with Crippen LogP contribution in [0.15, 0.2) is 29.0 Å². The number of thiophene rings is 1. The number of anilines is 2. The number of aromatic amines is 1. The van der Waals surface area contributed by atoms with Crippen molar-refractivity contribution >= 4 is 34.0 Å². The van der Waals surface area contributed by atoms with Crippen molar-refractivity contribution in [2.45, 2.75) is 6.92 Å². The summed E-state index contributed by atoms with van der Waals surface area (Å²) in [6.45, 7) is 2.02. The van der Waals surface area contributed by atoms with Gasteiger partial charge >= 0.3 is 0 Å². The van der Waals surface area contributed by atoms with Crippen LogP contribution in [0.5, 0.6) is 0 Å². The standard InChI is InChI=1S/C12H10FN3S/c1-7-5-17-6-10(7)15-12-14-9-4-2-3-8(13)11(9)16-12/h2-6H,1H3,(H2,14,15,16). The molecule has 0 bridgehead atoms. The number of nitrogens with zero attached hydrogens (tertiary/aromatic N) is 1. The number of hydrogen-bond donors (Lipinski definition) is 2. The number of halogens is 1. The normalized spacial score (nSPS) is 10.9. The Labute approximate surface area is 101 Å². The fourth-order valence-electron chi connectivity index (χ4n) is 1.67. The van der Waals surface area contributed by atoms with Gasteiger partial charge in [0.25, 0.3) is 0 Å². The number of aromatic nitrogens is 2. The molecule has 0 saturated carbocycles. The lowest BCUT2D eigenvalue weighted by Crippen LogP contribution is -1.91. The lowest BCUT2D eigenvalue weighted by Gasteiger charge is -1.99. The second kappa shape index (κ2) is 3.85. The fourth-order valence-corrected chi connectivity index (χ4v) is 2.45. The second-order valence-electron chi connectivity index (χ2n) is 3.81. The van der Waals surface area contributed by atoms with Crippen LogP contribution >= 0.6 is 11.3 Å². The number of H-pyrrole nitrogens is 1. The predicted molar refractivity (Wildman–Crippen MR) is 68.4 cm³/mol. The molecule has 3 nitrogen and oxygen atoms in total. The number of rotatable bonds is 2. The zero-order chi connectivity index (χ0) is 11.8. The SMILES string of the molecule is Cc1cscc1Nc1nc2c(F)cccc2[nH]1. The number of nitrogens with one attached hydrogen (secondary N) is 2. The van der Waals surface area contributed by atoms with E-state index in [0.717, 1.165) is 11.3 Å². The molecule has 0 aliphatic rings. The van der Waals surface area contributed by atoms with E-state index in [0.29, 0.717) is 17.0 Å². The summed E-state index contributed by atoms with van der Waals surface area (Å²) in [5.74, 6) is 0.250. The van der Waals surface area contributed by atoms with Gasteiger partial charge in [-0.15, -0.1) is 11.3 Å². The van der Waals surface area contributed by atoms with Crippen molar-refractivity contribution < 1.29 is 4.39 Å². The minimum absolute atomic E-state index is 0.311. The van der Waals surface area contributed by atoms with Gasteiger partial charge in [-0.2, -0.15) is 0 Å². The molecule has 0 spiro atoms. The van der Waals surface area contributed by atoms with Gasteiger partial charge < -0.3 is 10.3 Å². The van der Waals surface area contributed by atoms with Gasteiger partial charge in [0.05, 0.1) is 11.2 Å². The third-order valence-electron chi connectivity index (χ3n) is 2.57. The van der Waals surface area contributed by atoms with Gasteiger partial charge in [0, 0.05) is 5.38 Å². The van der Waals surface area contributed by atoms with Gasteiger partial charge in [-0.05, 0) is 30.0 Å². The third-order valence-corrected chi connectivity index (χ3v) is 3.43. The van der Waals surface area contributed by atoms with Crippen LogP contribution in [-0.4, -0.2) is 9.97 Å². The molecule has 2 heterocycles. The Morgan fingerprint density at radius 2 is 2.24 bits per heavy atom. The summed E-state index contributed by atoms with van der Waals surface area (Å²) in [4.78, 5) is 7.24. The molecule has 5 heteroatoms. The number of benzene rings is 1. The molecule has 86 valence electrons. The molecule has 0 aliphatic carbocycles. The first-order chi connectivity index (χ1) is 8.24. The van der Waals surface area contributed by atoms with Crippen LogP contribution < -0.4 is 5.32 Å². The lowest BCUT2D eigenvalue weighted by atomic mass is 10.3. The molecule has 0 saturated heterocycles. The molecule has 0 radical (unpaired) electrons. The van der Waals surface area contributed by atoms with Crippen LogP contribution in [0.25, 0.3) is 11.0 Å². The first kappa shape index (κ1) is 10.3. The highest BCUT2D eigenvalue weighted by molar-refractivity contribution is 7.08. The Morgan fingerprint density at radius 3 is 2.94 bits per heavy atom. The largest absolute Gasteiger partial charge is 0.325 e. The van der Waals surface area contributed by atoms with Gasteiger partial charge in [-0.3, -0.25) is 0 Å². The molecule has 3 aromatic rings. The molecule has 1 aromatic carbocycles. The summed E-state index contributed by atoms with van der Waals surface area (Å²) in [7, 11) is 0. The van der Waals surface area contributed by atoms with Gasteiger partial charge in [0.15, 0.2) is 5.82 Å². The molecule has 0 fully saturated rings. The van der Waals surface area contributed by atoms with Crippen molar-refractivity contribution in [3.05, 3.63) is 40.3 Å². The first-order valence-electron chi connectivity index (χ1n) is 5.18. The van der Waals surface area contributed by atoms with Gasteiger partial charge in [0.1, 0.15) is 5.52 Å². The molecule has 0 amide bonds.